The summed E-state index contributed by atoms with van der Waals surface area (Å²) in [5.74, 6) is -1.64. The Kier molecular flexibility index (Phi) is 9.39. The first-order chi connectivity index (χ1) is 16.9. The number of morpholine rings is 1. The predicted octanol–water partition coefficient (Wildman–Crippen LogP) is 2.28. The Balaban J connectivity index is 2.25. The first-order valence-electron chi connectivity index (χ1n) is 12.0. The van der Waals surface area contributed by atoms with Crippen LogP contribution in [0.1, 0.15) is 43.1 Å². The van der Waals surface area contributed by atoms with E-state index in [0.29, 0.717) is 48.9 Å². The number of ether oxygens (including phenoxy) is 2. The number of aromatic hydroxyl groups is 1. The molecule has 2 aromatic rings. The molecule has 1 aliphatic rings. The molecule has 2 heterocycles. The van der Waals surface area contributed by atoms with Crippen LogP contribution in [0, 0.1) is 5.82 Å². The van der Waals surface area contributed by atoms with Crippen molar-refractivity contribution in [3.63, 3.8) is 0 Å². The van der Waals surface area contributed by atoms with E-state index >= 15 is 0 Å². The lowest BCUT2D eigenvalue weighted by Crippen LogP contribution is -2.48. The first-order valence-corrected chi connectivity index (χ1v) is 12.0. The fraction of sp³-hybridized carbons (Fsp3) is 0.407. The summed E-state index contributed by atoms with van der Waals surface area (Å²) >= 11 is 0. The molecule has 0 aliphatic carbocycles. The molecule has 0 bridgehead atoms. The molecule has 8 heteroatoms. The molecule has 1 N–H and O–H groups in total. The van der Waals surface area contributed by atoms with E-state index in [1.807, 2.05) is 26.0 Å². The number of pyridine rings is 1. The number of carbonyl (C=O) groups is 1. The Labute approximate surface area is 204 Å². The molecule has 0 spiro atoms. The van der Waals surface area contributed by atoms with Crippen LogP contribution in [0.5, 0.6) is 5.75 Å². The van der Waals surface area contributed by atoms with Gasteiger partial charge in [-0.15, -0.1) is 0 Å². The second kappa shape index (κ2) is 12.5. The van der Waals surface area contributed by atoms with Crippen LogP contribution in [0.25, 0.3) is 17.7 Å². The minimum absolute atomic E-state index is 0.0725. The Morgan fingerprint density at radius 1 is 1.17 bits per heavy atom. The molecule has 1 aromatic heterocycles. The number of hydrogen-bond acceptors (Lipinski definition) is 6. The molecule has 0 unspecified atom stereocenters. The Hall–Kier alpha value is -3.23. The molecule has 3 rings (SSSR count). The van der Waals surface area contributed by atoms with E-state index in [4.69, 9.17) is 9.47 Å². The van der Waals surface area contributed by atoms with Crippen LogP contribution in [0.3, 0.4) is 0 Å². The van der Waals surface area contributed by atoms with Gasteiger partial charge in [0.05, 0.1) is 25.2 Å². The molecule has 35 heavy (non-hydrogen) atoms. The van der Waals surface area contributed by atoms with Crippen molar-refractivity contribution in [1.29, 1.82) is 0 Å². The molecule has 1 saturated heterocycles. The molecule has 1 fully saturated rings. The lowest BCUT2D eigenvalue weighted by atomic mass is 10.0. The van der Waals surface area contributed by atoms with Crippen molar-refractivity contribution in [2.75, 3.05) is 39.5 Å². The van der Waals surface area contributed by atoms with Crippen LogP contribution in [0.4, 0.5) is 4.39 Å². The minimum Gasteiger partial charge on any atom is -0.506 e. The maximum absolute atomic E-state index is 13.5. The smallest absolute Gasteiger partial charge is 0.347 e. The number of aromatic nitrogens is 1. The molecule has 0 saturated carbocycles. The summed E-state index contributed by atoms with van der Waals surface area (Å²) in [4.78, 5) is 28.4. The van der Waals surface area contributed by atoms with Crippen molar-refractivity contribution < 1.29 is 23.8 Å². The quantitative estimate of drug-likeness (QED) is 0.579. The van der Waals surface area contributed by atoms with Crippen LogP contribution in [0.2, 0.25) is 0 Å². The molecule has 1 aliphatic heterocycles. The molecule has 7 nitrogen and oxygen atoms in total. The Morgan fingerprint density at radius 2 is 1.86 bits per heavy atom. The number of rotatable bonds is 8. The third-order valence-electron chi connectivity index (χ3n) is 5.93. The second-order valence-corrected chi connectivity index (χ2v) is 8.16. The fourth-order valence-corrected chi connectivity index (χ4v) is 4.11. The largest absolute Gasteiger partial charge is 0.506 e. The summed E-state index contributed by atoms with van der Waals surface area (Å²) in [6, 6.07) is 6.00. The summed E-state index contributed by atoms with van der Waals surface area (Å²) in [7, 11) is 0. The monoisotopic (exact) mass is 484 g/mol. The van der Waals surface area contributed by atoms with Crippen LogP contribution in [-0.4, -0.2) is 60.0 Å². The number of carbonyl (C=O) groups excluding carboxylic acids is 1. The number of halogens is 1. The van der Waals surface area contributed by atoms with Crippen molar-refractivity contribution >= 4 is 23.7 Å². The van der Waals surface area contributed by atoms with Crippen molar-refractivity contribution in [3.05, 3.63) is 68.2 Å². The lowest BCUT2D eigenvalue weighted by molar-refractivity contribution is 0.0361. The van der Waals surface area contributed by atoms with Crippen molar-refractivity contribution in [1.82, 2.24) is 9.47 Å². The molecule has 188 valence electrons. The molecule has 0 amide bonds. The van der Waals surface area contributed by atoms with Crippen molar-refractivity contribution in [2.45, 2.75) is 33.7 Å². The molecule has 0 radical (unpaired) electrons. The summed E-state index contributed by atoms with van der Waals surface area (Å²) in [6.07, 6.45) is 6.02. The Morgan fingerprint density at radius 3 is 2.46 bits per heavy atom. The highest BCUT2D eigenvalue weighted by atomic mass is 19.1. The maximum Gasteiger partial charge on any atom is 0.347 e. The van der Waals surface area contributed by atoms with Gasteiger partial charge in [0.1, 0.15) is 11.6 Å². The van der Waals surface area contributed by atoms with Crippen molar-refractivity contribution in [2.24, 2.45) is 0 Å². The van der Waals surface area contributed by atoms with E-state index in [1.54, 1.807) is 25.1 Å². The molecule has 1 aromatic carbocycles. The van der Waals surface area contributed by atoms with Gasteiger partial charge in [-0.25, -0.2) is 9.18 Å². The van der Waals surface area contributed by atoms with Gasteiger partial charge in [0.2, 0.25) is 0 Å². The van der Waals surface area contributed by atoms with E-state index in [1.165, 1.54) is 16.7 Å². The highest BCUT2D eigenvalue weighted by Crippen LogP contribution is 2.17. The topological polar surface area (TPSA) is 81.0 Å². The zero-order valence-electron chi connectivity index (χ0n) is 20.6. The standard InChI is InChI=1S/C27H33FN2O5/c1-4-7-23-22(18-19(5-2)20-8-10-21(28)11-9-20)25(31)24(27(33)35-6-3)26(32)30(23)13-12-29-14-16-34-17-15-29/h5,7-11,18,31H,4,6,12-17H2,1-3H3/b19-5+,22-18+,23-7-. The van der Waals surface area contributed by atoms with E-state index in [2.05, 4.69) is 4.90 Å². The highest BCUT2D eigenvalue weighted by molar-refractivity contribution is 5.94. The Bertz CT molecular complexity index is 1240. The molecular weight excluding hydrogens is 451 g/mol. The van der Waals surface area contributed by atoms with Gasteiger partial charge in [-0.3, -0.25) is 9.69 Å². The summed E-state index contributed by atoms with van der Waals surface area (Å²) < 4.78 is 25.5. The van der Waals surface area contributed by atoms with Crippen LogP contribution >= 0.6 is 0 Å². The number of esters is 1. The predicted molar refractivity (Wildman–Crippen MR) is 134 cm³/mol. The van der Waals surface area contributed by atoms with E-state index < -0.39 is 17.3 Å². The SMILES string of the molecule is C\C=C(/C=c1/c(O)c(C(=O)OCC)c(=O)n(CCN2CCOCC2)/c1=C\CC)c1ccc(F)cc1. The third-order valence-corrected chi connectivity index (χ3v) is 5.93. The van der Waals surface area contributed by atoms with Crippen LogP contribution in [0.15, 0.2) is 35.1 Å². The van der Waals surface area contributed by atoms with Gasteiger partial charge in [-0.2, -0.15) is 0 Å². The third kappa shape index (κ3) is 6.26. The van der Waals surface area contributed by atoms with Gasteiger partial charge >= 0.3 is 5.97 Å². The van der Waals surface area contributed by atoms with E-state index in [0.717, 1.165) is 18.7 Å². The number of hydrogen-bond donors (Lipinski definition) is 1. The van der Waals surface area contributed by atoms with Gasteiger partial charge in [-0.05, 0) is 49.6 Å². The van der Waals surface area contributed by atoms with Gasteiger partial charge in [0.25, 0.3) is 5.56 Å². The summed E-state index contributed by atoms with van der Waals surface area (Å²) in [6.45, 7) is 9.20. The van der Waals surface area contributed by atoms with E-state index in [9.17, 15) is 19.1 Å². The maximum atomic E-state index is 13.5. The number of benzene rings is 1. The van der Waals surface area contributed by atoms with Crippen LogP contribution in [-0.2, 0) is 16.0 Å². The minimum atomic E-state index is -0.864. The van der Waals surface area contributed by atoms with Gasteiger partial charge in [0, 0.05) is 31.4 Å². The first kappa shape index (κ1) is 26.4. The number of nitrogens with zero attached hydrogens (tertiary/aromatic N) is 2. The number of allylic oxidation sites excluding steroid dienone is 2. The molecular formula is C27H33FN2O5. The molecule has 0 atom stereocenters. The van der Waals surface area contributed by atoms with Crippen LogP contribution < -0.4 is 16.1 Å². The van der Waals surface area contributed by atoms with Crippen molar-refractivity contribution in [3.8, 4) is 5.75 Å². The van der Waals surface area contributed by atoms with E-state index in [-0.39, 0.29) is 18.0 Å². The summed E-state index contributed by atoms with van der Waals surface area (Å²) in [5.41, 5.74) is 0.469. The van der Waals surface area contributed by atoms with Gasteiger partial charge < -0.3 is 19.1 Å². The normalized spacial score (nSPS) is 16.1. The second-order valence-electron chi connectivity index (χ2n) is 8.16. The zero-order valence-corrected chi connectivity index (χ0v) is 20.6. The van der Waals surface area contributed by atoms with Gasteiger partial charge in [-0.1, -0.05) is 31.2 Å². The fourth-order valence-electron chi connectivity index (χ4n) is 4.11. The highest BCUT2D eigenvalue weighted by Gasteiger charge is 2.23. The zero-order chi connectivity index (χ0) is 25.4. The summed E-state index contributed by atoms with van der Waals surface area (Å²) in [5, 5.41) is 12.0. The van der Waals surface area contributed by atoms with Gasteiger partial charge in [0.15, 0.2) is 5.56 Å². The average molecular weight is 485 g/mol. The lowest BCUT2D eigenvalue weighted by Gasteiger charge is -2.27. The average Bonchev–Trinajstić information content (AvgIpc) is 2.85.